The number of aryl methyl sites for hydroxylation is 1. The average molecular weight is 366 g/mol. The topological polar surface area (TPSA) is 104 Å². The molecule has 0 radical (unpaired) electrons. The van der Waals surface area contributed by atoms with Gasteiger partial charge >= 0.3 is 0 Å². The van der Waals surface area contributed by atoms with Gasteiger partial charge in [-0.05, 0) is 42.3 Å². The van der Waals surface area contributed by atoms with E-state index in [0.717, 1.165) is 0 Å². The lowest BCUT2D eigenvalue weighted by Crippen LogP contribution is -2.41. The number of aromatic amines is 1. The Morgan fingerprint density at radius 3 is 2.93 bits per heavy atom. The Morgan fingerprint density at radius 1 is 1.22 bits per heavy atom. The van der Waals surface area contributed by atoms with E-state index in [1.807, 2.05) is 6.07 Å². The van der Waals surface area contributed by atoms with Crippen molar-refractivity contribution in [3.63, 3.8) is 0 Å². The van der Waals surface area contributed by atoms with Crippen molar-refractivity contribution in [3.8, 4) is 11.5 Å². The number of pyridine rings is 1. The van der Waals surface area contributed by atoms with Crippen molar-refractivity contribution in [2.75, 3.05) is 16.8 Å². The molecule has 27 heavy (non-hydrogen) atoms. The number of halogens is 1. The lowest BCUT2D eigenvalue weighted by molar-refractivity contribution is -0.121. The van der Waals surface area contributed by atoms with Gasteiger partial charge in [-0.1, -0.05) is 6.07 Å². The minimum absolute atomic E-state index is 0.157. The quantitative estimate of drug-likeness (QED) is 0.734. The van der Waals surface area contributed by atoms with E-state index >= 15 is 0 Å². The Morgan fingerprint density at radius 2 is 2.11 bits per heavy atom. The highest BCUT2D eigenvalue weighted by atomic mass is 19.1. The van der Waals surface area contributed by atoms with Crippen LogP contribution >= 0.6 is 0 Å². The Labute approximate surface area is 153 Å². The molecule has 0 aliphatic carbocycles. The lowest BCUT2D eigenvalue weighted by Gasteiger charge is -2.28. The molecule has 3 heterocycles. The predicted octanol–water partition coefficient (Wildman–Crippen LogP) is 1.92. The molecule has 0 atom stereocenters. The third-order valence-corrected chi connectivity index (χ3v) is 4.20. The first-order valence-corrected chi connectivity index (χ1v) is 8.33. The largest absolute Gasteiger partial charge is 0.306 e. The molecule has 0 unspecified atom stereocenters. The second kappa shape index (κ2) is 6.94. The molecule has 136 valence electrons. The van der Waals surface area contributed by atoms with Crippen LogP contribution in [0.2, 0.25) is 0 Å². The minimum atomic E-state index is -0.441. The molecule has 3 aromatic rings. The summed E-state index contributed by atoms with van der Waals surface area (Å²) in [6.07, 6.45) is 2.31. The van der Waals surface area contributed by atoms with Gasteiger partial charge in [0, 0.05) is 18.3 Å². The van der Waals surface area contributed by atoms with E-state index in [1.165, 1.54) is 23.1 Å². The number of hydrogen-bond donors (Lipinski definition) is 2. The number of H-pyrrole nitrogens is 1. The number of carbonyl (C=O) groups excluding carboxylic acids is 2. The van der Waals surface area contributed by atoms with E-state index in [9.17, 15) is 14.0 Å². The molecule has 0 spiro atoms. The number of nitrogens with one attached hydrogen (secondary N) is 2. The minimum Gasteiger partial charge on any atom is -0.306 e. The zero-order chi connectivity index (χ0) is 18.8. The highest BCUT2D eigenvalue weighted by Gasteiger charge is 2.26. The van der Waals surface area contributed by atoms with Crippen LogP contribution in [0.5, 0.6) is 0 Å². The number of aromatic nitrogens is 4. The van der Waals surface area contributed by atoms with Crippen LogP contribution in [0, 0.1) is 5.82 Å². The smallest absolute Gasteiger partial charge is 0.246 e. The number of carbonyl (C=O) groups is 2. The summed E-state index contributed by atoms with van der Waals surface area (Å²) in [5.41, 5.74) is 1.85. The van der Waals surface area contributed by atoms with Crippen molar-refractivity contribution < 1.29 is 14.0 Å². The fourth-order valence-electron chi connectivity index (χ4n) is 2.95. The molecule has 9 heteroatoms. The fourth-order valence-corrected chi connectivity index (χ4v) is 2.95. The molecule has 1 aliphatic rings. The first-order chi connectivity index (χ1) is 13.1. The summed E-state index contributed by atoms with van der Waals surface area (Å²) in [6.45, 7) is -0.197. The van der Waals surface area contributed by atoms with Gasteiger partial charge < -0.3 is 9.88 Å². The monoisotopic (exact) mass is 366 g/mol. The van der Waals surface area contributed by atoms with Crippen LogP contribution in [0.3, 0.4) is 0 Å². The highest BCUT2D eigenvalue weighted by molar-refractivity contribution is 6.03. The van der Waals surface area contributed by atoms with Crippen LogP contribution in [0.15, 0.2) is 42.6 Å². The zero-order valence-corrected chi connectivity index (χ0v) is 14.1. The van der Waals surface area contributed by atoms with Gasteiger partial charge in [-0.25, -0.2) is 4.39 Å². The summed E-state index contributed by atoms with van der Waals surface area (Å²) in [5.74, 6) is -0.415. The molecule has 2 N–H and O–H groups in total. The number of anilines is 2. The second-order valence-electron chi connectivity index (χ2n) is 6.04. The number of nitrogens with zero attached hydrogens (tertiary/aromatic N) is 4. The normalized spacial score (nSPS) is 13.4. The van der Waals surface area contributed by atoms with Crippen molar-refractivity contribution in [3.05, 3.63) is 54.0 Å². The molecule has 1 aliphatic heterocycles. The van der Waals surface area contributed by atoms with E-state index < -0.39 is 5.91 Å². The van der Waals surface area contributed by atoms with Crippen LogP contribution in [0.25, 0.3) is 11.5 Å². The second-order valence-corrected chi connectivity index (χ2v) is 6.04. The maximum atomic E-state index is 13.4. The molecule has 0 fully saturated rings. The molecule has 8 nitrogen and oxygen atoms in total. The first kappa shape index (κ1) is 16.8. The van der Waals surface area contributed by atoms with E-state index in [1.54, 1.807) is 18.3 Å². The summed E-state index contributed by atoms with van der Waals surface area (Å²) in [4.78, 5) is 33.0. The fraction of sp³-hybridized carbons (Fsp3) is 0.167. The summed E-state index contributed by atoms with van der Waals surface area (Å²) in [7, 11) is 0. The standard InChI is InChI=1S/C18H15FN6O2/c19-12-5-6-14-11(9-12)4-7-16(27)25(14)10-15(26)21-18-22-17(23-24-18)13-3-1-2-8-20-13/h1-3,5-6,8-9H,4,7,10H2,(H2,21,22,23,24,26). The van der Waals surface area contributed by atoms with Crippen molar-refractivity contribution in [2.45, 2.75) is 12.8 Å². The lowest BCUT2D eigenvalue weighted by atomic mass is 10.0. The van der Waals surface area contributed by atoms with Gasteiger partial charge in [-0.2, -0.15) is 0 Å². The molecule has 1 aromatic carbocycles. The number of hydrogen-bond acceptors (Lipinski definition) is 5. The SMILES string of the molecule is O=C(CN1C(=O)CCc2cc(F)ccc21)Nc1nnc(-c2ccccn2)[nH]1. The van der Waals surface area contributed by atoms with E-state index in [4.69, 9.17) is 0 Å². The van der Waals surface area contributed by atoms with Crippen molar-refractivity contribution in [1.82, 2.24) is 20.2 Å². The molecular weight excluding hydrogens is 351 g/mol. The molecule has 4 rings (SSSR count). The predicted molar refractivity (Wildman–Crippen MR) is 95.3 cm³/mol. The van der Waals surface area contributed by atoms with Gasteiger partial charge in [0.25, 0.3) is 0 Å². The Balaban J connectivity index is 1.47. The van der Waals surface area contributed by atoms with Crippen LogP contribution in [0.1, 0.15) is 12.0 Å². The Hall–Kier alpha value is -3.62. The molecule has 0 saturated heterocycles. The maximum Gasteiger partial charge on any atom is 0.246 e. The highest BCUT2D eigenvalue weighted by Crippen LogP contribution is 2.28. The van der Waals surface area contributed by atoms with Crippen molar-refractivity contribution >= 4 is 23.5 Å². The van der Waals surface area contributed by atoms with Gasteiger partial charge in [0.2, 0.25) is 17.8 Å². The van der Waals surface area contributed by atoms with Crippen LogP contribution in [0.4, 0.5) is 16.0 Å². The van der Waals surface area contributed by atoms with Crippen molar-refractivity contribution in [2.24, 2.45) is 0 Å². The van der Waals surface area contributed by atoms with Crippen molar-refractivity contribution in [1.29, 1.82) is 0 Å². The van der Waals surface area contributed by atoms with Gasteiger partial charge in [-0.15, -0.1) is 10.2 Å². The Bertz CT molecular complexity index is 1000. The molecule has 2 amide bonds. The van der Waals surface area contributed by atoms with Gasteiger partial charge in [0.15, 0.2) is 5.82 Å². The third kappa shape index (κ3) is 3.52. The van der Waals surface area contributed by atoms with E-state index in [0.29, 0.717) is 29.2 Å². The van der Waals surface area contributed by atoms with Crippen LogP contribution < -0.4 is 10.2 Å². The van der Waals surface area contributed by atoms with Gasteiger partial charge in [0.05, 0.1) is 0 Å². The summed E-state index contributed by atoms with van der Waals surface area (Å²) < 4.78 is 13.4. The van der Waals surface area contributed by atoms with Crippen LogP contribution in [-0.4, -0.2) is 38.5 Å². The Kier molecular flexibility index (Phi) is 4.33. The number of rotatable bonds is 4. The molecular formula is C18H15FN6O2. The maximum absolute atomic E-state index is 13.4. The molecule has 2 aromatic heterocycles. The van der Waals surface area contributed by atoms with E-state index in [-0.39, 0.29) is 30.6 Å². The summed E-state index contributed by atoms with van der Waals surface area (Å²) >= 11 is 0. The first-order valence-electron chi connectivity index (χ1n) is 8.33. The third-order valence-electron chi connectivity index (χ3n) is 4.20. The summed E-state index contributed by atoms with van der Waals surface area (Å²) in [5, 5.41) is 10.4. The van der Waals surface area contributed by atoms with Gasteiger partial charge in [0.1, 0.15) is 18.1 Å². The van der Waals surface area contributed by atoms with E-state index in [2.05, 4.69) is 25.5 Å². The average Bonchev–Trinajstić information content (AvgIpc) is 3.13. The molecule has 0 saturated carbocycles. The number of amides is 2. The number of fused-ring (bicyclic) bond motifs is 1. The number of benzene rings is 1. The van der Waals surface area contributed by atoms with Crippen LogP contribution in [-0.2, 0) is 16.0 Å². The zero-order valence-electron chi connectivity index (χ0n) is 14.1. The summed E-state index contributed by atoms with van der Waals surface area (Å²) in [6, 6.07) is 9.53. The molecule has 0 bridgehead atoms. The van der Waals surface area contributed by atoms with Gasteiger partial charge in [-0.3, -0.25) is 19.9 Å².